The fraction of sp³-hybridized carbons (Fsp3) is 1.00. The second-order valence-corrected chi connectivity index (χ2v) is 2.33. The van der Waals surface area contributed by atoms with Gasteiger partial charge in [0.1, 0.15) is 0 Å². The van der Waals surface area contributed by atoms with Crippen LogP contribution in [-0.4, -0.2) is 15.0 Å². The van der Waals surface area contributed by atoms with E-state index in [4.69, 9.17) is 8.76 Å². The van der Waals surface area contributed by atoms with E-state index in [9.17, 15) is 3.89 Å². The molecule has 0 fully saturated rings. The van der Waals surface area contributed by atoms with E-state index in [-0.39, 0.29) is 0 Å². The molecule has 0 amide bonds. The van der Waals surface area contributed by atoms with Crippen LogP contribution < -0.4 is 0 Å². The number of rotatable bonds is 0. The first-order chi connectivity index (χ1) is 2.00. The molecule has 0 aromatic carbocycles. The molecular formula is CH5FO2S. The van der Waals surface area contributed by atoms with Crippen LogP contribution in [0.2, 0.25) is 0 Å². The lowest BCUT2D eigenvalue weighted by molar-refractivity contribution is 0.496. The van der Waals surface area contributed by atoms with Gasteiger partial charge in [-0.25, -0.2) is 0 Å². The Morgan fingerprint density at radius 2 is 2.00 bits per heavy atom. The summed E-state index contributed by atoms with van der Waals surface area (Å²) >= 11 is 0. The average molecular weight is 100 g/mol. The Kier molecular flexibility index (Phi) is 1.03. The standard InChI is InChI=1S/CH5FO2S/c1-5(2,3)4/h5H,1H3,(H,3,4). The summed E-state index contributed by atoms with van der Waals surface area (Å²) in [4.78, 5) is 0. The molecule has 0 aromatic rings. The van der Waals surface area contributed by atoms with Crippen LogP contribution >= 0.6 is 0 Å². The van der Waals surface area contributed by atoms with Crippen LogP contribution in [0, 0.1) is 0 Å². The summed E-state index contributed by atoms with van der Waals surface area (Å²) in [5.74, 6) is 0. The quantitative estimate of drug-likeness (QED) is 0.332. The van der Waals surface area contributed by atoms with Crippen molar-refractivity contribution >= 4 is 10.6 Å². The van der Waals surface area contributed by atoms with Gasteiger partial charge in [0.25, 0.3) is 0 Å². The maximum atomic E-state index is 10.8. The molecule has 4 heteroatoms. The Morgan fingerprint density at radius 1 is 2.00 bits per heavy atom. The Hall–Kier alpha value is 0.0400. The minimum atomic E-state index is -4.14. The van der Waals surface area contributed by atoms with Gasteiger partial charge < -0.3 is 0 Å². The summed E-state index contributed by atoms with van der Waals surface area (Å²) in [5.41, 5.74) is 0. The highest BCUT2D eigenvalue weighted by Gasteiger charge is 1.78. The lowest BCUT2D eigenvalue weighted by Gasteiger charge is -1.97. The van der Waals surface area contributed by atoms with Crippen molar-refractivity contribution < 1.29 is 12.6 Å². The number of thiol groups is 1. The van der Waals surface area contributed by atoms with Crippen LogP contribution in [0.5, 0.6) is 0 Å². The molecule has 0 aliphatic carbocycles. The second kappa shape index (κ2) is 1.02. The maximum Gasteiger partial charge on any atom is 0.0483 e. The lowest BCUT2D eigenvalue weighted by Crippen LogP contribution is -1.93. The second-order valence-electron chi connectivity index (χ2n) is 0.778. The van der Waals surface area contributed by atoms with E-state index in [0.717, 1.165) is 0 Å². The molecule has 0 spiro atoms. The third-order valence-corrected chi connectivity index (χ3v) is 0. The largest absolute Gasteiger partial charge is 0.281 e. The summed E-state index contributed by atoms with van der Waals surface area (Å²) in [6, 6.07) is 0. The average Bonchev–Trinajstić information content (AvgIpc) is 0.722. The van der Waals surface area contributed by atoms with E-state index in [1.54, 1.807) is 0 Å². The van der Waals surface area contributed by atoms with E-state index >= 15 is 0 Å². The third kappa shape index (κ3) is 10500. The highest BCUT2D eigenvalue weighted by molar-refractivity contribution is 7.92. The van der Waals surface area contributed by atoms with Crippen LogP contribution in [-0.2, 0) is 10.6 Å². The highest BCUT2D eigenvalue weighted by atomic mass is 32.3. The maximum absolute atomic E-state index is 10.8. The number of hydrogen-bond acceptors (Lipinski definition) is 1. The monoisotopic (exact) mass is 100.0 g/mol. The molecule has 0 radical (unpaired) electrons. The molecule has 2 nitrogen and oxygen atoms in total. The number of hydrogen-bond donors (Lipinski definition) is 2. The van der Waals surface area contributed by atoms with E-state index in [1.807, 2.05) is 0 Å². The Balaban J connectivity index is 3.47. The molecular weight excluding hydrogens is 95.1 g/mol. The topological polar surface area (TPSA) is 37.3 Å². The van der Waals surface area contributed by atoms with E-state index < -0.39 is 10.6 Å². The molecule has 0 bridgehead atoms. The van der Waals surface area contributed by atoms with Gasteiger partial charge in [0.2, 0.25) is 0 Å². The van der Waals surface area contributed by atoms with Gasteiger partial charge in [-0.05, 0) is 0 Å². The van der Waals surface area contributed by atoms with Gasteiger partial charge in [0.05, 0.1) is 0 Å². The van der Waals surface area contributed by atoms with Crippen LogP contribution in [0.4, 0.5) is 3.89 Å². The molecule has 0 rings (SSSR count). The van der Waals surface area contributed by atoms with Gasteiger partial charge in [0.15, 0.2) is 0 Å². The van der Waals surface area contributed by atoms with E-state index in [2.05, 4.69) is 0 Å². The Bertz CT molecular complexity index is 55.8. The predicted molar refractivity (Wildman–Crippen MR) is 19.2 cm³/mol. The van der Waals surface area contributed by atoms with Crippen molar-refractivity contribution in [2.24, 2.45) is 0 Å². The van der Waals surface area contributed by atoms with Crippen molar-refractivity contribution in [3.05, 3.63) is 0 Å². The molecule has 0 aromatic heterocycles. The van der Waals surface area contributed by atoms with Gasteiger partial charge in [-0.3, -0.25) is 4.55 Å². The summed E-state index contributed by atoms with van der Waals surface area (Å²) in [6.07, 6.45) is 0.632. The SMILES string of the molecule is C[SH](=O)(O)F. The van der Waals surface area contributed by atoms with Crippen LogP contribution in [0.15, 0.2) is 0 Å². The first kappa shape index (κ1) is 5.04. The van der Waals surface area contributed by atoms with Crippen molar-refractivity contribution in [2.75, 3.05) is 6.26 Å². The van der Waals surface area contributed by atoms with Crippen LogP contribution in [0.3, 0.4) is 0 Å². The minimum absolute atomic E-state index is 0.632. The van der Waals surface area contributed by atoms with Gasteiger partial charge in [0, 0.05) is 6.26 Å². The van der Waals surface area contributed by atoms with E-state index in [1.165, 1.54) is 0 Å². The van der Waals surface area contributed by atoms with Crippen molar-refractivity contribution in [1.82, 2.24) is 0 Å². The molecule has 0 aliphatic rings. The van der Waals surface area contributed by atoms with Gasteiger partial charge in [-0.2, -0.15) is 4.21 Å². The molecule has 0 aliphatic heterocycles. The highest BCUT2D eigenvalue weighted by Crippen LogP contribution is 1.87. The molecule has 34 valence electrons. The predicted octanol–water partition coefficient (Wildman–Crippen LogP) is -0.00960. The molecule has 0 atom stereocenters. The smallest absolute Gasteiger partial charge is 0.0483 e. The zero-order valence-corrected chi connectivity index (χ0v) is 3.58. The third-order valence-electron chi connectivity index (χ3n) is 0. The minimum Gasteiger partial charge on any atom is -0.281 e. The zero-order valence-electron chi connectivity index (χ0n) is 2.68. The Morgan fingerprint density at radius 3 is 2.00 bits per heavy atom. The van der Waals surface area contributed by atoms with Crippen molar-refractivity contribution in [1.29, 1.82) is 0 Å². The molecule has 0 heterocycles. The molecule has 0 saturated heterocycles. The van der Waals surface area contributed by atoms with Crippen molar-refractivity contribution in [3.8, 4) is 0 Å². The lowest BCUT2D eigenvalue weighted by atomic mass is 12.0. The zero-order chi connectivity index (χ0) is 4.50. The fourth-order valence-electron chi connectivity index (χ4n) is 0. The van der Waals surface area contributed by atoms with Crippen molar-refractivity contribution in [2.45, 2.75) is 0 Å². The number of halogens is 1. The molecule has 0 saturated carbocycles. The normalized spacial score (nSPS) is 15.0. The van der Waals surface area contributed by atoms with Gasteiger partial charge in [-0.15, -0.1) is 0 Å². The Labute approximate surface area is 30.5 Å². The summed E-state index contributed by atoms with van der Waals surface area (Å²) in [6.45, 7) is 0. The molecule has 0 unspecified atom stereocenters. The molecule has 5 heavy (non-hydrogen) atoms. The summed E-state index contributed by atoms with van der Waals surface area (Å²) in [5, 5.41) is 0. The first-order valence-corrected chi connectivity index (χ1v) is 3.00. The summed E-state index contributed by atoms with van der Waals surface area (Å²) < 4.78 is 27.3. The van der Waals surface area contributed by atoms with Gasteiger partial charge >= 0.3 is 0 Å². The van der Waals surface area contributed by atoms with Crippen molar-refractivity contribution in [3.63, 3.8) is 0 Å². The van der Waals surface area contributed by atoms with E-state index in [0.29, 0.717) is 6.26 Å². The molecule has 1 N–H and O–H groups in total. The fourth-order valence-corrected chi connectivity index (χ4v) is 0. The first-order valence-electron chi connectivity index (χ1n) is 0.999. The summed E-state index contributed by atoms with van der Waals surface area (Å²) in [7, 11) is -4.14. The van der Waals surface area contributed by atoms with Crippen LogP contribution in [0.1, 0.15) is 0 Å². The van der Waals surface area contributed by atoms with Gasteiger partial charge in [-0.1, -0.05) is 14.5 Å². The van der Waals surface area contributed by atoms with Crippen LogP contribution in [0.25, 0.3) is 0 Å².